The van der Waals surface area contributed by atoms with Gasteiger partial charge in [-0.05, 0) is 12.1 Å². The highest BCUT2D eigenvalue weighted by Crippen LogP contribution is 2.21. The van der Waals surface area contributed by atoms with Gasteiger partial charge in [-0.25, -0.2) is 9.18 Å². The largest absolute Gasteiger partial charge is 0.485 e. The van der Waals surface area contributed by atoms with Gasteiger partial charge in [0.2, 0.25) is 0 Å². The molecule has 0 saturated carbocycles. The fraction of sp³-hybridized carbons (Fsp3) is 0.364. The molecule has 0 aromatic heterocycles. The molecule has 1 aromatic rings. The lowest BCUT2D eigenvalue weighted by Crippen LogP contribution is -2.29. The molecular formula is C11H12FNO3. The van der Waals surface area contributed by atoms with E-state index in [1.165, 1.54) is 11.0 Å². The molecule has 1 aliphatic rings. The van der Waals surface area contributed by atoms with Crippen LogP contribution in [-0.2, 0) is 0 Å². The van der Waals surface area contributed by atoms with Crippen LogP contribution in [0.25, 0.3) is 0 Å². The van der Waals surface area contributed by atoms with Gasteiger partial charge in [-0.15, -0.1) is 0 Å². The highest BCUT2D eigenvalue weighted by molar-refractivity contribution is 5.65. The van der Waals surface area contributed by atoms with Crippen molar-refractivity contribution >= 4 is 6.09 Å². The number of ether oxygens (including phenoxy) is 1. The Bertz CT molecular complexity index is 397. The number of halogens is 1. The predicted molar refractivity (Wildman–Crippen MR) is 55.0 cm³/mol. The highest BCUT2D eigenvalue weighted by atomic mass is 19.1. The van der Waals surface area contributed by atoms with E-state index in [0.717, 1.165) is 0 Å². The van der Waals surface area contributed by atoms with Crippen molar-refractivity contribution in [3.63, 3.8) is 0 Å². The molecule has 0 bridgehead atoms. The molecule has 1 fully saturated rings. The van der Waals surface area contributed by atoms with Crippen molar-refractivity contribution in [1.29, 1.82) is 0 Å². The minimum absolute atomic E-state index is 0.180. The molecule has 1 atom stereocenters. The highest BCUT2D eigenvalue weighted by Gasteiger charge is 2.27. The second kappa shape index (κ2) is 4.38. The number of hydrogen-bond acceptors (Lipinski definition) is 2. The second-order valence-electron chi connectivity index (χ2n) is 3.69. The van der Waals surface area contributed by atoms with Crippen molar-refractivity contribution in [2.24, 2.45) is 0 Å². The number of carboxylic acid groups (broad SMARTS) is 1. The maximum atomic E-state index is 13.2. The molecule has 0 radical (unpaired) electrons. The van der Waals surface area contributed by atoms with Gasteiger partial charge in [-0.1, -0.05) is 12.1 Å². The molecule has 86 valence electrons. The molecule has 5 heteroatoms. The fourth-order valence-electron chi connectivity index (χ4n) is 1.72. The zero-order chi connectivity index (χ0) is 11.5. The summed E-state index contributed by atoms with van der Waals surface area (Å²) in [7, 11) is 0. The van der Waals surface area contributed by atoms with Crippen molar-refractivity contribution in [1.82, 2.24) is 4.90 Å². The average molecular weight is 225 g/mol. The first-order chi connectivity index (χ1) is 7.66. The van der Waals surface area contributed by atoms with Crippen LogP contribution in [0.1, 0.15) is 6.42 Å². The van der Waals surface area contributed by atoms with Gasteiger partial charge >= 0.3 is 6.09 Å². The van der Waals surface area contributed by atoms with Crippen molar-refractivity contribution in [3.05, 3.63) is 30.1 Å². The Morgan fingerprint density at radius 1 is 1.50 bits per heavy atom. The van der Waals surface area contributed by atoms with Crippen LogP contribution in [0.2, 0.25) is 0 Å². The molecule has 16 heavy (non-hydrogen) atoms. The van der Waals surface area contributed by atoms with Gasteiger partial charge in [-0.3, -0.25) is 0 Å². The van der Waals surface area contributed by atoms with Gasteiger partial charge in [0.15, 0.2) is 11.6 Å². The molecule has 1 saturated heterocycles. The second-order valence-corrected chi connectivity index (χ2v) is 3.69. The number of nitrogens with zero attached hydrogens (tertiary/aromatic N) is 1. The number of amides is 1. The summed E-state index contributed by atoms with van der Waals surface area (Å²) in [5.41, 5.74) is 0. The first kappa shape index (κ1) is 10.7. The van der Waals surface area contributed by atoms with E-state index in [0.29, 0.717) is 19.5 Å². The summed E-state index contributed by atoms with van der Waals surface area (Å²) in [5.74, 6) is -0.240. The SMILES string of the molecule is O=C(O)N1CC[C@H](Oc2ccccc2F)C1. The van der Waals surface area contributed by atoms with Crippen LogP contribution in [0, 0.1) is 5.82 Å². The number of likely N-dealkylation sites (tertiary alicyclic amines) is 1. The van der Waals surface area contributed by atoms with E-state index in [-0.39, 0.29) is 11.9 Å². The molecule has 1 aliphatic heterocycles. The third-order valence-corrected chi connectivity index (χ3v) is 2.55. The summed E-state index contributed by atoms with van der Waals surface area (Å²) < 4.78 is 18.7. The maximum Gasteiger partial charge on any atom is 0.407 e. The Morgan fingerprint density at radius 2 is 2.25 bits per heavy atom. The van der Waals surface area contributed by atoms with Crippen LogP contribution in [0.4, 0.5) is 9.18 Å². The Morgan fingerprint density at radius 3 is 2.88 bits per heavy atom. The number of hydrogen-bond donors (Lipinski definition) is 1. The molecule has 2 rings (SSSR count). The summed E-state index contributed by atoms with van der Waals surface area (Å²) >= 11 is 0. The molecule has 0 aliphatic carbocycles. The van der Waals surface area contributed by atoms with E-state index in [4.69, 9.17) is 9.84 Å². The van der Waals surface area contributed by atoms with Crippen LogP contribution < -0.4 is 4.74 Å². The van der Waals surface area contributed by atoms with E-state index in [2.05, 4.69) is 0 Å². The van der Waals surface area contributed by atoms with Crippen LogP contribution in [0.15, 0.2) is 24.3 Å². The topological polar surface area (TPSA) is 49.8 Å². The van der Waals surface area contributed by atoms with E-state index in [1.807, 2.05) is 0 Å². The zero-order valence-electron chi connectivity index (χ0n) is 8.60. The van der Waals surface area contributed by atoms with Gasteiger partial charge in [-0.2, -0.15) is 0 Å². The summed E-state index contributed by atoms with van der Waals surface area (Å²) in [5, 5.41) is 8.75. The Balaban J connectivity index is 1.97. The molecule has 0 unspecified atom stereocenters. The van der Waals surface area contributed by atoms with Crippen molar-refractivity contribution in [2.75, 3.05) is 13.1 Å². The third-order valence-electron chi connectivity index (χ3n) is 2.55. The van der Waals surface area contributed by atoms with Gasteiger partial charge in [0.05, 0.1) is 6.54 Å². The Kier molecular flexibility index (Phi) is 2.94. The van der Waals surface area contributed by atoms with Gasteiger partial charge in [0, 0.05) is 13.0 Å². The van der Waals surface area contributed by atoms with Gasteiger partial charge in [0.25, 0.3) is 0 Å². The van der Waals surface area contributed by atoms with E-state index in [1.54, 1.807) is 18.2 Å². The van der Waals surface area contributed by atoms with E-state index >= 15 is 0 Å². The third kappa shape index (κ3) is 2.24. The number of benzene rings is 1. The number of para-hydroxylation sites is 1. The van der Waals surface area contributed by atoms with E-state index < -0.39 is 11.9 Å². The maximum absolute atomic E-state index is 13.2. The molecular weight excluding hydrogens is 213 g/mol. The number of rotatable bonds is 2. The van der Waals surface area contributed by atoms with Crippen LogP contribution in [-0.4, -0.2) is 35.3 Å². The first-order valence-electron chi connectivity index (χ1n) is 5.06. The number of carbonyl (C=O) groups is 1. The fourth-order valence-corrected chi connectivity index (χ4v) is 1.72. The lowest BCUT2D eigenvalue weighted by Gasteiger charge is -2.14. The monoisotopic (exact) mass is 225 g/mol. The van der Waals surface area contributed by atoms with Gasteiger partial charge in [0.1, 0.15) is 6.10 Å². The summed E-state index contributed by atoms with van der Waals surface area (Å²) in [6, 6.07) is 6.13. The molecule has 1 aromatic carbocycles. The average Bonchev–Trinajstić information content (AvgIpc) is 2.70. The summed E-state index contributed by atoms with van der Waals surface area (Å²) in [6.45, 7) is 0.734. The normalized spacial score (nSPS) is 19.8. The molecule has 1 heterocycles. The molecule has 0 spiro atoms. The predicted octanol–water partition coefficient (Wildman–Crippen LogP) is 1.96. The van der Waals surface area contributed by atoms with Crippen LogP contribution in [0.5, 0.6) is 5.75 Å². The smallest absolute Gasteiger partial charge is 0.407 e. The Labute approximate surface area is 92.2 Å². The molecule has 1 amide bonds. The lowest BCUT2D eigenvalue weighted by molar-refractivity contribution is 0.144. The minimum atomic E-state index is -0.959. The van der Waals surface area contributed by atoms with E-state index in [9.17, 15) is 9.18 Å². The van der Waals surface area contributed by atoms with Crippen LogP contribution >= 0.6 is 0 Å². The summed E-state index contributed by atoms with van der Waals surface area (Å²) in [6.07, 6.45) is -0.617. The lowest BCUT2D eigenvalue weighted by atomic mass is 10.3. The quantitative estimate of drug-likeness (QED) is 0.837. The zero-order valence-corrected chi connectivity index (χ0v) is 8.60. The first-order valence-corrected chi connectivity index (χ1v) is 5.06. The summed E-state index contributed by atoms with van der Waals surface area (Å²) in [4.78, 5) is 11.9. The van der Waals surface area contributed by atoms with Crippen molar-refractivity contribution in [3.8, 4) is 5.75 Å². The standard InChI is InChI=1S/C11H12FNO3/c12-9-3-1-2-4-10(9)16-8-5-6-13(7-8)11(14)15/h1-4,8H,5-7H2,(H,14,15)/t8-/m0/s1. The van der Waals surface area contributed by atoms with Crippen LogP contribution in [0.3, 0.4) is 0 Å². The molecule has 4 nitrogen and oxygen atoms in total. The van der Waals surface area contributed by atoms with Gasteiger partial charge < -0.3 is 14.7 Å². The minimum Gasteiger partial charge on any atom is -0.485 e. The Hall–Kier alpha value is -1.78. The molecule has 1 N–H and O–H groups in total. The van der Waals surface area contributed by atoms with Crippen molar-refractivity contribution in [2.45, 2.75) is 12.5 Å². The van der Waals surface area contributed by atoms with Crippen molar-refractivity contribution < 1.29 is 19.0 Å².